The van der Waals surface area contributed by atoms with Crippen LogP contribution in [-0.4, -0.2) is 94.2 Å². The van der Waals surface area contributed by atoms with E-state index < -0.39 is 72.8 Å². The van der Waals surface area contributed by atoms with Crippen LogP contribution in [0.15, 0.2) is 4.99 Å². The van der Waals surface area contributed by atoms with Crippen molar-refractivity contribution >= 4 is 41.5 Å². The summed E-state index contributed by atoms with van der Waals surface area (Å²) in [5.41, 5.74) is 21.3. The molecule has 0 aromatic heterocycles. The van der Waals surface area contributed by atoms with Gasteiger partial charge in [-0.3, -0.25) is 29.0 Å². The fourth-order valence-electron chi connectivity index (χ4n) is 2.60. The van der Waals surface area contributed by atoms with Gasteiger partial charge < -0.3 is 54.2 Å². The predicted molar refractivity (Wildman–Crippen MR) is 119 cm³/mol. The fraction of sp³-hybridized carbons (Fsp3) is 0.611. The number of aliphatic hydroxyl groups excluding tert-OH is 1. The number of rotatable bonds is 17. The lowest BCUT2D eigenvalue weighted by atomic mass is 10.1. The van der Waals surface area contributed by atoms with Crippen molar-refractivity contribution in [1.82, 2.24) is 16.0 Å². The molecule has 0 aliphatic rings. The highest BCUT2D eigenvalue weighted by Crippen LogP contribution is 2.04. The molecule has 0 radical (unpaired) electrons. The zero-order chi connectivity index (χ0) is 27.1. The third-order valence-electron chi connectivity index (χ3n) is 4.43. The molecule has 0 fully saturated rings. The molecule has 0 saturated heterocycles. The number of aliphatic imine (C=N–C) groups is 1. The second-order valence-electron chi connectivity index (χ2n) is 7.36. The average Bonchev–Trinajstić information content (AvgIpc) is 2.75. The highest BCUT2D eigenvalue weighted by atomic mass is 16.4. The number of hydrogen-bond donors (Lipinski definition) is 10. The first-order valence-electron chi connectivity index (χ1n) is 10.3. The first kappa shape index (κ1) is 31.0. The van der Waals surface area contributed by atoms with Gasteiger partial charge in [-0.15, -0.1) is 0 Å². The van der Waals surface area contributed by atoms with Gasteiger partial charge in [0.2, 0.25) is 23.6 Å². The molecular weight excluding hydrogens is 472 g/mol. The average molecular weight is 505 g/mol. The summed E-state index contributed by atoms with van der Waals surface area (Å²) in [6.45, 7) is -0.792. The predicted octanol–water partition coefficient (Wildman–Crippen LogP) is -5.36. The smallest absolute Gasteiger partial charge is 0.328 e. The van der Waals surface area contributed by atoms with Crippen molar-refractivity contribution in [2.24, 2.45) is 27.9 Å². The summed E-state index contributed by atoms with van der Waals surface area (Å²) in [6, 6.07) is -6.05. The lowest BCUT2D eigenvalue weighted by Crippen LogP contribution is -2.58. The number of amides is 4. The number of aliphatic carboxylic acids is 2. The van der Waals surface area contributed by atoms with E-state index >= 15 is 0 Å². The zero-order valence-corrected chi connectivity index (χ0v) is 18.8. The normalized spacial score (nSPS) is 13.9. The van der Waals surface area contributed by atoms with Gasteiger partial charge in [0.1, 0.15) is 18.1 Å². The van der Waals surface area contributed by atoms with Crippen LogP contribution in [0, 0.1) is 0 Å². The van der Waals surface area contributed by atoms with Crippen LogP contribution in [0.2, 0.25) is 0 Å². The number of carbonyl (C=O) groups is 6. The van der Waals surface area contributed by atoms with Crippen molar-refractivity contribution in [3.05, 3.63) is 0 Å². The molecule has 0 heterocycles. The first-order chi connectivity index (χ1) is 16.3. The molecule has 17 heteroatoms. The topological polar surface area (TPSA) is 316 Å². The number of guanidine groups is 1. The fourth-order valence-corrected chi connectivity index (χ4v) is 2.60. The maximum atomic E-state index is 12.7. The van der Waals surface area contributed by atoms with Gasteiger partial charge in [-0.05, 0) is 19.3 Å². The van der Waals surface area contributed by atoms with Crippen molar-refractivity contribution in [3.63, 3.8) is 0 Å². The number of nitrogens with two attached hydrogens (primary N) is 4. The molecule has 35 heavy (non-hydrogen) atoms. The Bertz CT molecular complexity index is 816. The maximum Gasteiger partial charge on any atom is 0.328 e. The quantitative estimate of drug-likeness (QED) is 0.0504. The summed E-state index contributed by atoms with van der Waals surface area (Å²) in [5.74, 6) is -7.10. The van der Waals surface area contributed by atoms with Gasteiger partial charge in [0, 0.05) is 13.0 Å². The van der Waals surface area contributed by atoms with Crippen LogP contribution in [0.1, 0.15) is 32.1 Å². The summed E-state index contributed by atoms with van der Waals surface area (Å²) in [6.07, 6.45) is -1.13. The monoisotopic (exact) mass is 504 g/mol. The number of carboxylic acids is 2. The lowest BCUT2D eigenvalue weighted by molar-refractivity contribution is -0.144. The third kappa shape index (κ3) is 13.3. The van der Waals surface area contributed by atoms with E-state index in [1.54, 1.807) is 0 Å². The van der Waals surface area contributed by atoms with E-state index in [9.17, 15) is 28.8 Å². The minimum atomic E-state index is -1.77. The third-order valence-corrected chi connectivity index (χ3v) is 4.43. The Morgan fingerprint density at radius 1 is 0.800 bits per heavy atom. The standard InChI is InChI=1S/C18H32N8O9/c19-8(2-1-5-23-18(21)22)14(31)24-9(3-4-12(20)28)15(32)25-10(6-13(29)30)16(33)26-11(7-27)17(34)35/h8-11,27H,1-7,19H2,(H2,20,28)(H,24,31)(H,25,32)(H,26,33)(H,29,30)(H,34,35)(H4,21,22,23). The molecule has 0 rings (SSSR count). The molecule has 0 aliphatic carbocycles. The molecule has 0 saturated carbocycles. The minimum Gasteiger partial charge on any atom is -0.481 e. The van der Waals surface area contributed by atoms with Gasteiger partial charge in [0.25, 0.3) is 0 Å². The Kier molecular flexibility index (Phi) is 14.0. The van der Waals surface area contributed by atoms with E-state index in [-0.39, 0.29) is 31.8 Å². The molecule has 0 aromatic rings. The Hall–Kier alpha value is -3.99. The number of nitrogens with zero attached hydrogens (tertiary/aromatic N) is 1. The SMILES string of the molecule is NC(=O)CCC(NC(=O)C(N)CCCN=C(N)N)C(=O)NC(CC(=O)O)C(=O)NC(CO)C(=O)O. The van der Waals surface area contributed by atoms with E-state index in [1.165, 1.54) is 0 Å². The molecule has 4 amide bonds. The molecule has 0 aromatic carbocycles. The Labute approximate surface area is 199 Å². The summed E-state index contributed by atoms with van der Waals surface area (Å²) >= 11 is 0. The summed E-state index contributed by atoms with van der Waals surface area (Å²) in [4.78, 5) is 74.5. The largest absolute Gasteiger partial charge is 0.481 e. The Balaban J connectivity index is 5.41. The highest BCUT2D eigenvalue weighted by molar-refractivity contribution is 5.95. The van der Waals surface area contributed by atoms with E-state index in [0.29, 0.717) is 6.42 Å². The van der Waals surface area contributed by atoms with E-state index in [1.807, 2.05) is 5.32 Å². The van der Waals surface area contributed by atoms with Crippen LogP contribution in [0.3, 0.4) is 0 Å². The second kappa shape index (κ2) is 15.8. The first-order valence-corrected chi connectivity index (χ1v) is 10.3. The van der Waals surface area contributed by atoms with Crippen molar-refractivity contribution < 1.29 is 44.1 Å². The molecule has 0 bridgehead atoms. The van der Waals surface area contributed by atoms with Crippen LogP contribution in [0.4, 0.5) is 0 Å². The van der Waals surface area contributed by atoms with Crippen molar-refractivity contribution in [2.75, 3.05) is 13.2 Å². The zero-order valence-electron chi connectivity index (χ0n) is 18.8. The van der Waals surface area contributed by atoms with E-state index in [2.05, 4.69) is 15.6 Å². The second-order valence-corrected chi connectivity index (χ2v) is 7.36. The van der Waals surface area contributed by atoms with Crippen molar-refractivity contribution in [2.45, 2.75) is 56.3 Å². The molecule has 14 N–H and O–H groups in total. The molecule has 0 spiro atoms. The Morgan fingerprint density at radius 3 is 1.83 bits per heavy atom. The number of hydrogen-bond acceptors (Lipinski definition) is 9. The van der Waals surface area contributed by atoms with E-state index in [0.717, 1.165) is 0 Å². The number of carboxylic acid groups (broad SMARTS) is 2. The van der Waals surface area contributed by atoms with Crippen molar-refractivity contribution in [1.29, 1.82) is 0 Å². The van der Waals surface area contributed by atoms with Crippen LogP contribution < -0.4 is 38.9 Å². The van der Waals surface area contributed by atoms with Gasteiger partial charge >= 0.3 is 11.9 Å². The number of nitrogens with one attached hydrogen (secondary N) is 3. The van der Waals surface area contributed by atoms with Crippen LogP contribution in [0.25, 0.3) is 0 Å². The van der Waals surface area contributed by atoms with Crippen LogP contribution in [0.5, 0.6) is 0 Å². The van der Waals surface area contributed by atoms with E-state index in [4.69, 9.17) is 38.3 Å². The lowest BCUT2D eigenvalue weighted by Gasteiger charge is -2.24. The van der Waals surface area contributed by atoms with Gasteiger partial charge in [-0.1, -0.05) is 0 Å². The van der Waals surface area contributed by atoms with Crippen molar-refractivity contribution in [3.8, 4) is 0 Å². The summed E-state index contributed by atoms with van der Waals surface area (Å²) < 4.78 is 0. The highest BCUT2D eigenvalue weighted by Gasteiger charge is 2.31. The molecule has 4 unspecified atom stereocenters. The molecule has 4 atom stereocenters. The number of primary amides is 1. The van der Waals surface area contributed by atoms with Gasteiger partial charge in [-0.2, -0.15) is 0 Å². The molecular formula is C18H32N8O9. The summed E-state index contributed by atoms with van der Waals surface area (Å²) in [7, 11) is 0. The van der Waals surface area contributed by atoms with Crippen LogP contribution >= 0.6 is 0 Å². The Morgan fingerprint density at radius 2 is 1.34 bits per heavy atom. The van der Waals surface area contributed by atoms with Gasteiger partial charge in [0.05, 0.1) is 19.1 Å². The molecule has 198 valence electrons. The van der Waals surface area contributed by atoms with Gasteiger partial charge in [0.15, 0.2) is 5.96 Å². The summed E-state index contributed by atoms with van der Waals surface area (Å²) in [5, 5.41) is 33.3. The number of carbonyl (C=O) groups excluding carboxylic acids is 4. The number of aliphatic hydroxyl groups is 1. The van der Waals surface area contributed by atoms with Crippen LogP contribution in [-0.2, 0) is 28.8 Å². The molecule has 17 nitrogen and oxygen atoms in total. The van der Waals surface area contributed by atoms with Gasteiger partial charge in [-0.25, -0.2) is 4.79 Å². The maximum absolute atomic E-state index is 12.7. The molecule has 0 aliphatic heterocycles. The minimum absolute atomic E-state index is 0.133.